The SMILES string of the molecule is CC[Si](CC)(CC)O[C@H]1C(=O)N(C(=O)c2ccc(F)cc2)[C@H]1c1ccc(Cl)cc1. The number of halogens is 2. The van der Waals surface area contributed by atoms with Crippen molar-refractivity contribution in [2.45, 2.75) is 51.0 Å². The van der Waals surface area contributed by atoms with Crippen LogP contribution in [-0.4, -0.2) is 31.1 Å². The van der Waals surface area contributed by atoms with Crippen LogP contribution in [0.2, 0.25) is 23.2 Å². The van der Waals surface area contributed by atoms with Crippen LogP contribution in [0.15, 0.2) is 48.5 Å². The molecule has 1 aliphatic heterocycles. The molecule has 0 bridgehead atoms. The summed E-state index contributed by atoms with van der Waals surface area (Å²) >= 11 is 6.02. The van der Waals surface area contributed by atoms with Gasteiger partial charge in [-0.2, -0.15) is 0 Å². The highest BCUT2D eigenvalue weighted by Crippen LogP contribution is 2.41. The van der Waals surface area contributed by atoms with Crippen LogP contribution < -0.4 is 0 Å². The smallest absolute Gasteiger partial charge is 0.261 e. The van der Waals surface area contributed by atoms with Gasteiger partial charge in [-0.15, -0.1) is 0 Å². The molecule has 2 atom stereocenters. The van der Waals surface area contributed by atoms with Crippen molar-refractivity contribution in [2.24, 2.45) is 0 Å². The molecular formula is C22H25ClFNO3Si. The third-order valence-electron chi connectivity index (χ3n) is 5.88. The highest BCUT2D eigenvalue weighted by atomic mass is 35.5. The fourth-order valence-electron chi connectivity index (χ4n) is 3.79. The number of likely N-dealkylation sites (tertiary alicyclic amines) is 1. The van der Waals surface area contributed by atoms with Gasteiger partial charge in [0, 0.05) is 10.6 Å². The van der Waals surface area contributed by atoms with E-state index in [0.29, 0.717) is 5.02 Å². The summed E-state index contributed by atoms with van der Waals surface area (Å²) in [7, 11) is -2.06. The molecule has 154 valence electrons. The highest BCUT2D eigenvalue weighted by Gasteiger charge is 2.54. The maximum absolute atomic E-state index is 13.2. The van der Waals surface area contributed by atoms with Crippen LogP contribution in [0, 0.1) is 5.82 Å². The first-order chi connectivity index (χ1) is 13.9. The molecule has 2 aromatic carbocycles. The molecule has 0 N–H and O–H groups in total. The summed E-state index contributed by atoms with van der Waals surface area (Å²) in [5.74, 6) is -1.23. The monoisotopic (exact) mass is 433 g/mol. The molecule has 1 heterocycles. The number of nitrogens with zero attached hydrogens (tertiary/aromatic N) is 1. The molecule has 0 unspecified atom stereocenters. The maximum atomic E-state index is 13.2. The Balaban J connectivity index is 1.95. The second-order valence-electron chi connectivity index (χ2n) is 7.30. The number of carbonyl (C=O) groups is 2. The van der Waals surface area contributed by atoms with Gasteiger partial charge in [-0.05, 0) is 60.1 Å². The van der Waals surface area contributed by atoms with E-state index in [0.717, 1.165) is 23.7 Å². The van der Waals surface area contributed by atoms with Gasteiger partial charge in [-0.3, -0.25) is 14.5 Å². The van der Waals surface area contributed by atoms with Gasteiger partial charge in [-0.25, -0.2) is 4.39 Å². The molecule has 4 nitrogen and oxygen atoms in total. The minimum Gasteiger partial charge on any atom is -0.403 e. The van der Waals surface area contributed by atoms with Crippen LogP contribution in [0.25, 0.3) is 0 Å². The van der Waals surface area contributed by atoms with Crippen LogP contribution in [0.5, 0.6) is 0 Å². The first-order valence-electron chi connectivity index (χ1n) is 9.92. The van der Waals surface area contributed by atoms with E-state index in [1.807, 2.05) is 12.1 Å². The molecule has 1 saturated heterocycles. The quantitative estimate of drug-likeness (QED) is 0.324. The lowest BCUT2D eigenvalue weighted by molar-refractivity contribution is -0.158. The molecule has 1 fully saturated rings. The predicted octanol–water partition coefficient (Wildman–Crippen LogP) is 5.59. The van der Waals surface area contributed by atoms with E-state index < -0.39 is 32.2 Å². The molecule has 2 aromatic rings. The fourth-order valence-corrected chi connectivity index (χ4v) is 6.68. The van der Waals surface area contributed by atoms with Crippen molar-refractivity contribution >= 4 is 31.7 Å². The molecule has 29 heavy (non-hydrogen) atoms. The van der Waals surface area contributed by atoms with Crippen molar-refractivity contribution in [1.82, 2.24) is 4.90 Å². The van der Waals surface area contributed by atoms with Crippen molar-refractivity contribution < 1.29 is 18.4 Å². The van der Waals surface area contributed by atoms with Gasteiger partial charge in [-0.1, -0.05) is 44.5 Å². The van der Waals surface area contributed by atoms with E-state index in [-0.39, 0.29) is 11.5 Å². The van der Waals surface area contributed by atoms with E-state index in [4.69, 9.17) is 16.0 Å². The number of amides is 2. The Bertz CT molecular complexity index is 876. The number of benzene rings is 2. The zero-order chi connectivity index (χ0) is 21.2. The number of rotatable bonds is 7. The zero-order valence-corrected chi connectivity index (χ0v) is 18.6. The molecule has 0 radical (unpaired) electrons. The van der Waals surface area contributed by atoms with E-state index in [2.05, 4.69) is 20.8 Å². The molecule has 0 saturated carbocycles. The summed E-state index contributed by atoms with van der Waals surface area (Å²) in [6, 6.07) is 14.5. The van der Waals surface area contributed by atoms with Gasteiger partial charge in [0.1, 0.15) is 5.82 Å². The second-order valence-corrected chi connectivity index (χ2v) is 12.5. The Hall–Kier alpha value is -2.02. The Labute approximate surface area is 176 Å². The highest BCUT2D eigenvalue weighted by molar-refractivity contribution is 6.73. The summed E-state index contributed by atoms with van der Waals surface area (Å²) in [4.78, 5) is 27.3. The third kappa shape index (κ3) is 4.15. The van der Waals surface area contributed by atoms with Gasteiger partial charge >= 0.3 is 0 Å². The average molecular weight is 434 g/mol. The molecule has 2 amide bonds. The van der Waals surface area contributed by atoms with E-state index in [9.17, 15) is 14.0 Å². The zero-order valence-electron chi connectivity index (χ0n) is 16.8. The number of hydrogen-bond donors (Lipinski definition) is 0. The molecule has 0 aromatic heterocycles. The van der Waals surface area contributed by atoms with E-state index in [1.54, 1.807) is 12.1 Å². The Morgan fingerprint density at radius 1 is 1.03 bits per heavy atom. The lowest BCUT2D eigenvalue weighted by atomic mass is 9.90. The second kappa shape index (κ2) is 8.77. The van der Waals surface area contributed by atoms with Crippen LogP contribution in [0.4, 0.5) is 4.39 Å². The topological polar surface area (TPSA) is 46.6 Å². The van der Waals surface area contributed by atoms with Crippen LogP contribution >= 0.6 is 11.6 Å². The minimum absolute atomic E-state index is 0.266. The van der Waals surface area contributed by atoms with Gasteiger partial charge in [0.2, 0.25) is 0 Å². The first kappa shape index (κ1) is 21.7. The van der Waals surface area contributed by atoms with Gasteiger partial charge in [0.05, 0.1) is 6.04 Å². The van der Waals surface area contributed by atoms with Crippen molar-refractivity contribution in [3.05, 3.63) is 70.5 Å². The summed E-state index contributed by atoms with van der Waals surface area (Å²) in [6.07, 6.45) is -0.688. The Morgan fingerprint density at radius 2 is 1.59 bits per heavy atom. The first-order valence-corrected chi connectivity index (χ1v) is 12.8. The molecule has 0 aliphatic carbocycles. The molecular weight excluding hydrogens is 409 g/mol. The van der Waals surface area contributed by atoms with Gasteiger partial charge in [0.25, 0.3) is 11.8 Å². The Kier molecular flexibility index (Phi) is 6.56. The lowest BCUT2D eigenvalue weighted by Crippen LogP contribution is -2.64. The predicted molar refractivity (Wildman–Crippen MR) is 114 cm³/mol. The third-order valence-corrected chi connectivity index (χ3v) is 10.7. The van der Waals surface area contributed by atoms with Gasteiger partial charge in [0.15, 0.2) is 14.4 Å². The summed E-state index contributed by atoms with van der Waals surface area (Å²) in [5, 5.41) is 0.577. The molecule has 1 aliphatic rings. The number of imide groups is 1. The molecule has 0 spiro atoms. The van der Waals surface area contributed by atoms with Crippen LogP contribution in [0.1, 0.15) is 42.7 Å². The van der Waals surface area contributed by atoms with E-state index >= 15 is 0 Å². The fraction of sp³-hybridized carbons (Fsp3) is 0.364. The standard InChI is InChI=1S/C22H25ClFNO3Si/c1-4-29(5-2,6-3)28-20-19(15-7-11-17(23)12-8-15)25(22(20)27)21(26)16-9-13-18(24)14-10-16/h7-14,19-20H,4-6H2,1-3H3/t19-,20+/m0/s1. The molecule has 7 heteroatoms. The van der Waals surface area contributed by atoms with Gasteiger partial charge < -0.3 is 4.43 Å². The van der Waals surface area contributed by atoms with Crippen LogP contribution in [-0.2, 0) is 9.22 Å². The lowest BCUT2D eigenvalue weighted by Gasteiger charge is -2.48. The van der Waals surface area contributed by atoms with Crippen molar-refractivity contribution in [3.63, 3.8) is 0 Å². The van der Waals surface area contributed by atoms with E-state index in [1.165, 1.54) is 29.2 Å². The maximum Gasteiger partial charge on any atom is 0.261 e. The average Bonchev–Trinajstić information content (AvgIpc) is 2.74. The summed E-state index contributed by atoms with van der Waals surface area (Å²) < 4.78 is 19.7. The van der Waals surface area contributed by atoms with Crippen molar-refractivity contribution in [3.8, 4) is 0 Å². The van der Waals surface area contributed by atoms with Crippen LogP contribution in [0.3, 0.4) is 0 Å². The van der Waals surface area contributed by atoms with Crippen molar-refractivity contribution in [2.75, 3.05) is 0 Å². The largest absolute Gasteiger partial charge is 0.403 e. The molecule has 3 rings (SSSR count). The number of carbonyl (C=O) groups excluding carboxylic acids is 2. The number of hydrogen-bond acceptors (Lipinski definition) is 3. The Morgan fingerprint density at radius 3 is 2.10 bits per heavy atom. The minimum atomic E-state index is -2.06. The van der Waals surface area contributed by atoms with Crippen molar-refractivity contribution in [1.29, 1.82) is 0 Å². The summed E-state index contributed by atoms with van der Waals surface area (Å²) in [5.41, 5.74) is 1.06. The normalized spacial score (nSPS) is 19.2. The number of β-lactam (4-membered cyclic amide) rings is 1. The summed E-state index contributed by atoms with van der Waals surface area (Å²) in [6.45, 7) is 6.29.